The smallest absolute Gasteiger partial charge is 0.261 e. The number of ether oxygens (including phenoxy) is 2. The molecule has 5 rings (SSSR count). The van der Waals surface area contributed by atoms with Gasteiger partial charge in [0.25, 0.3) is 5.91 Å². The molecular weight excluding hydrogens is 394 g/mol. The number of carbonyl (C=O) groups excluding carboxylic acids is 1. The quantitative estimate of drug-likeness (QED) is 0.535. The monoisotopic (exact) mass is 415 g/mol. The highest BCUT2D eigenvalue weighted by molar-refractivity contribution is 5.82. The Morgan fingerprint density at radius 1 is 0.968 bits per heavy atom. The lowest BCUT2D eigenvalue weighted by Crippen LogP contribution is -2.36. The first-order valence-electron chi connectivity index (χ1n) is 10.2. The first kappa shape index (κ1) is 19.0. The molecule has 1 atom stereocenters. The average molecular weight is 415 g/mol. The molecule has 0 radical (unpaired) electrons. The van der Waals surface area contributed by atoms with E-state index in [2.05, 4.69) is 20.4 Å². The van der Waals surface area contributed by atoms with Gasteiger partial charge in [-0.15, -0.1) is 0 Å². The summed E-state index contributed by atoms with van der Waals surface area (Å²) in [6, 6.07) is 16.9. The summed E-state index contributed by atoms with van der Waals surface area (Å²) in [5, 5.41) is 8.03. The molecule has 1 amide bonds. The molecule has 31 heavy (non-hydrogen) atoms. The highest BCUT2D eigenvalue weighted by Crippen LogP contribution is 2.29. The van der Waals surface area contributed by atoms with Crippen molar-refractivity contribution in [1.29, 1.82) is 0 Å². The number of carbonyl (C=O) groups is 1. The van der Waals surface area contributed by atoms with E-state index >= 15 is 0 Å². The molecule has 1 aliphatic rings. The fraction of sp³-hybridized carbons (Fsp3) is 0.217. The number of fused-ring (bicyclic) bond motifs is 1. The number of aromatic nitrogens is 4. The summed E-state index contributed by atoms with van der Waals surface area (Å²) in [5.41, 5.74) is 1.57. The third-order valence-corrected chi connectivity index (χ3v) is 5.13. The molecule has 2 aromatic carbocycles. The standard InChI is InChI=1S/C23H21N5O3/c29-22-20(8-4-5-13-24-22)30-17-9-11-18(12-10-17)31-23-19-14-27-28(21(19)25-15-26-23)16-6-2-1-3-7-16/h1-3,6-7,9-12,14-15,20H,4-5,8,13H2,(H,24,29). The molecule has 1 fully saturated rings. The molecule has 2 aromatic heterocycles. The van der Waals surface area contributed by atoms with E-state index in [0.29, 0.717) is 41.4 Å². The minimum Gasteiger partial charge on any atom is -0.481 e. The number of nitrogens with zero attached hydrogens (tertiary/aromatic N) is 4. The molecule has 8 heteroatoms. The van der Waals surface area contributed by atoms with Crippen LogP contribution in [0.2, 0.25) is 0 Å². The Hall–Kier alpha value is -3.94. The van der Waals surface area contributed by atoms with E-state index in [9.17, 15) is 4.79 Å². The van der Waals surface area contributed by atoms with Crippen LogP contribution in [0.5, 0.6) is 17.4 Å². The van der Waals surface area contributed by atoms with E-state index in [-0.39, 0.29) is 5.91 Å². The highest BCUT2D eigenvalue weighted by atomic mass is 16.5. The number of rotatable bonds is 5. The Balaban J connectivity index is 1.34. The zero-order valence-electron chi connectivity index (χ0n) is 16.8. The Labute approximate surface area is 178 Å². The van der Waals surface area contributed by atoms with Crippen molar-refractivity contribution in [3.63, 3.8) is 0 Å². The van der Waals surface area contributed by atoms with E-state index in [1.807, 2.05) is 30.3 Å². The fourth-order valence-corrected chi connectivity index (χ4v) is 3.55. The molecule has 1 aliphatic heterocycles. The van der Waals surface area contributed by atoms with Crippen molar-refractivity contribution < 1.29 is 14.3 Å². The molecule has 1 unspecified atom stereocenters. The van der Waals surface area contributed by atoms with Crippen molar-refractivity contribution in [2.75, 3.05) is 6.54 Å². The van der Waals surface area contributed by atoms with Crippen LogP contribution >= 0.6 is 0 Å². The SMILES string of the molecule is O=C1NCCCCC1Oc1ccc(Oc2ncnc3c2cnn3-c2ccccc2)cc1. The van der Waals surface area contributed by atoms with Gasteiger partial charge in [0.05, 0.1) is 11.9 Å². The van der Waals surface area contributed by atoms with Gasteiger partial charge in [0, 0.05) is 6.54 Å². The van der Waals surface area contributed by atoms with Crippen LogP contribution in [0.3, 0.4) is 0 Å². The van der Waals surface area contributed by atoms with E-state index in [4.69, 9.17) is 9.47 Å². The normalized spacial score (nSPS) is 16.5. The zero-order chi connectivity index (χ0) is 21.0. The predicted octanol–water partition coefficient (Wildman–Crippen LogP) is 3.66. The maximum Gasteiger partial charge on any atom is 0.261 e. The third-order valence-electron chi connectivity index (χ3n) is 5.13. The van der Waals surface area contributed by atoms with Crippen LogP contribution in [0.15, 0.2) is 67.1 Å². The summed E-state index contributed by atoms with van der Waals surface area (Å²) in [7, 11) is 0. The van der Waals surface area contributed by atoms with Gasteiger partial charge in [-0.2, -0.15) is 5.10 Å². The Morgan fingerprint density at radius 3 is 2.61 bits per heavy atom. The molecule has 156 valence electrons. The van der Waals surface area contributed by atoms with Crippen LogP contribution in [0, 0.1) is 0 Å². The number of nitrogens with one attached hydrogen (secondary N) is 1. The van der Waals surface area contributed by atoms with Crippen molar-refractivity contribution in [2.45, 2.75) is 25.4 Å². The second-order valence-corrected chi connectivity index (χ2v) is 7.27. The fourth-order valence-electron chi connectivity index (χ4n) is 3.55. The van der Waals surface area contributed by atoms with Gasteiger partial charge in [0.2, 0.25) is 5.88 Å². The van der Waals surface area contributed by atoms with Gasteiger partial charge in [-0.05, 0) is 55.7 Å². The van der Waals surface area contributed by atoms with Crippen LogP contribution < -0.4 is 14.8 Å². The minimum absolute atomic E-state index is 0.0587. The van der Waals surface area contributed by atoms with Crippen LogP contribution in [-0.4, -0.2) is 38.3 Å². The molecule has 4 aromatic rings. The maximum absolute atomic E-state index is 12.1. The maximum atomic E-state index is 12.1. The van der Waals surface area contributed by atoms with Gasteiger partial charge in [-0.25, -0.2) is 14.6 Å². The largest absolute Gasteiger partial charge is 0.481 e. The Morgan fingerprint density at radius 2 is 1.77 bits per heavy atom. The Kier molecular flexibility index (Phi) is 5.18. The van der Waals surface area contributed by atoms with Crippen LogP contribution in [0.4, 0.5) is 0 Å². The molecule has 0 bridgehead atoms. The van der Waals surface area contributed by atoms with Crippen LogP contribution in [0.1, 0.15) is 19.3 Å². The first-order valence-corrected chi connectivity index (χ1v) is 10.2. The van der Waals surface area contributed by atoms with Gasteiger partial charge in [-0.1, -0.05) is 18.2 Å². The van der Waals surface area contributed by atoms with Gasteiger partial charge in [0.1, 0.15) is 23.2 Å². The van der Waals surface area contributed by atoms with Crippen molar-refractivity contribution in [2.24, 2.45) is 0 Å². The second kappa shape index (κ2) is 8.43. The molecule has 0 spiro atoms. The van der Waals surface area contributed by atoms with Crippen LogP contribution in [-0.2, 0) is 4.79 Å². The first-order chi connectivity index (χ1) is 15.3. The number of benzene rings is 2. The van der Waals surface area contributed by atoms with E-state index in [0.717, 1.165) is 18.5 Å². The lowest BCUT2D eigenvalue weighted by atomic mass is 10.2. The summed E-state index contributed by atoms with van der Waals surface area (Å²) < 4.78 is 13.6. The van der Waals surface area contributed by atoms with E-state index in [1.54, 1.807) is 35.1 Å². The molecule has 3 heterocycles. The topological polar surface area (TPSA) is 91.2 Å². The second-order valence-electron chi connectivity index (χ2n) is 7.27. The van der Waals surface area contributed by atoms with Crippen molar-refractivity contribution in [1.82, 2.24) is 25.1 Å². The zero-order valence-corrected chi connectivity index (χ0v) is 16.8. The molecule has 0 aliphatic carbocycles. The van der Waals surface area contributed by atoms with Crippen molar-refractivity contribution in [3.8, 4) is 23.1 Å². The molecule has 0 saturated carbocycles. The highest BCUT2D eigenvalue weighted by Gasteiger charge is 2.22. The summed E-state index contributed by atoms with van der Waals surface area (Å²) in [6.07, 6.45) is 5.35. The Bertz CT molecular complexity index is 1190. The van der Waals surface area contributed by atoms with Gasteiger partial charge < -0.3 is 14.8 Å². The number of hydrogen-bond acceptors (Lipinski definition) is 6. The van der Waals surface area contributed by atoms with E-state index < -0.39 is 6.10 Å². The van der Waals surface area contributed by atoms with Gasteiger partial charge in [0.15, 0.2) is 11.8 Å². The molecule has 8 nitrogen and oxygen atoms in total. The minimum atomic E-state index is -0.459. The van der Waals surface area contributed by atoms with Crippen molar-refractivity contribution >= 4 is 16.9 Å². The molecule has 1 N–H and O–H groups in total. The summed E-state index contributed by atoms with van der Waals surface area (Å²) in [6.45, 7) is 0.708. The number of para-hydroxylation sites is 1. The lowest BCUT2D eigenvalue weighted by molar-refractivity contribution is -0.127. The van der Waals surface area contributed by atoms with E-state index in [1.165, 1.54) is 6.33 Å². The average Bonchev–Trinajstić information content (AvgIpc) is 3.15. The summed E-state index contributed by atoms with van der Waals surface area (Å²) in [4.78, 5) is 20.7. The van der Waals surface area contributed by atoms with Gasteiger partial charge in [-0.3, -0.25) is 4.79 Å². The summed E-state index contributed by atoms with van der Waals surface area (Å²) >= 11 is 0. The predicted molar refractivity (Wildman–Crippen MR) is 114 cm³/mol. The van der Waals surface area contributed by atoms with Crippen LogP contribution in [0.25, 0.3) is 16.7 Å². The molecular formula is C23H21N5O3. The summed E-state index contributed by atoms with van der Waals surface area (Å²) in [5.74, 6) is 1.59. The van der Waals surface area contributed by atoms with Crippen molar-refractivity contribution in [3.05, 3.63) is 67.1 Å². The molecule has 1 saturated heterocycles. The third kappa shape index (κ3) is 4.05. The number of amides is 1. The van der Waals surface area contributed by atoms with Gasteiger partial charge >= 0.3 is 0 Å². The lowest BCUT2D eigenvalue weighted by Gasteiger charge is -2.16. The number of hydrogen-bond donors (Lipinski definition) is 1.